The van der Waals surface area contributed by atoms with E-state index in [1.807, 2.05) is 0 Å². The van der Waals surface area contributed by atoms with E-state index in [0.29, 0.717) is 10.7 Å². The van der Waals surface area contributed by atoms with Crippen LogP contribution in [0.1, 0.15) is 10.4 Å². The average molecular weight is 212 g/mol. The molecule has 0 aliphatic heterocycles. The van der Waals surface area contributed by atoms with Gasteiger partial charge in [-0.2, -0.15) is 0 Å². The summed E-state index contributed by atoms with van der Waals surface area (Å²) in [7, 11) is 0. The smallest absolute Gasteiger partial charge is 0.340 e. The zero-order valence-electron chi connectivity index (χ0n) is 7.50. The first-order valence-corrected chi connectivity index (χ1v) is 4.36. The Morgan fingerprint density at radius 2 is 2.36 bits per heavy atom. The molecular formula is C10H10ClNO2. The Morgan fingerprint density at radius 1 is 1.64 bits per heavy atom. The topological polar surface area (TPSA) is 52.3 Å². The maximum atomic E-state index is 11.4. The van der Waals surface area contributed by atoms with Crippen molar-refractivity contribution in [2.24, 2.45) is 0 Å². The molecule has 0 unspecified atom stereocenters. The minimum absolute atomic E-state index is 0.158. The number of nitrogen functional groups attached to an aromatic ring is 1. The summed E-state index contributed by atoms with van der Waals surface area (Å²) >= 11 is 5.71. The fraction of sp³-hybridized carbons (Fsp3) is 0.100. The highest BCUT2D eigenvalue weighted by Gasteiger charge is 2.10. The molecule has 0 fully saturated rings. The van der Waals surface area contributed by atoms with Crippen LogP contribution in [0.4, 0.5) is 5.69 Å². The molecule has 0 spiro atoms. The minimum atomic E-state index is -0.495. The number of hydrogen-bond donors (Lipinski definition) is 1. The Labute approximate surface area is 87.1 Å². The van der Waals surface area contributed by atoms with E-state index in [2.05, 4.69) is 6.58 Å². The second kappa shape index (κ2) is 4.67. The third-order valence-electron chi connectivity index (χ3n) is 1.57. The molecule has 0 aliphatic carbocycles. The van der Waals surface area contributed by atoms with Gasteiger partial charge in [0, 0.05) is 10.7 Å². The van der Waals surface area contributed by atoms with Crippen molar-refractivity contribution in [2.45, 2.75) is 0 Å². The van der Waals surface area contributed by atoms with Crippen LogP contribution in [0.15, 0.2) is 30.9 Å². The average Bonchev–Trinajstić information content (AvgIpc) is 2.18. The molecule has 0 aliphatic rings. The highest BCUT2D eigenvalue weighted by molar-refractivity contribution is 6.31. The van der Waals surface area contributed by atoms with Crippen molar-refractivity contribution in [3.63, 3.8) is 0 Å². The molecular weight excluding hydrogens is 202 g/mol. The van der Waals surface area contributed by atoms with Gasteiger partial charge in [0.25, 0.3) is 0 Å². The Hall–Kier alpha value is -1.48. The molecule has 1 aromatic rings. The Kier molecular flexibility index (Phi) is 3.54. The molecule has 1 rings (SSSR count). The molecule has 2 N–H and O–H groups in total. The third kappa shape index (κ3) is 2.50. The summed E-state index contributed by atoms with van der Waals surface area (Å²) in [5, 5.41) is 0.449. The molecule has 0 saturated heterocycles. The number of esters is 1. The zero-order chi connectivity index (χ0) is 10.6. The van der Waals surface area contributed by atoms with E-state index in [1.165, 1.54) is 12.1 Å². The first-order chi connectivity index (χ1) is 6.65. The molecule has 0 bridgehead atoms. The van der Waals surface area contributed by atoms with Gasteiger partial charge >= 0.3 is 5.97 Å². The lowest BCUT2D eigenvalue weighted by Crippen LogP contribution is -2.08. The Morgan fingerprint density at radius 3 is 3.00 bits per heavy atom. The van der Waals surface area contributed by atoms with Crippen molar-refractivity contribution in [1.82, 2.24) is 0 Å². The van der Waals surface area contributed by atoms with Gasteiger partial charge in [0.1, 0.15) is 6.61 Å². The number of nitrogens with two attached hydrogens (primary N) is 1. The summed E-state index contributed by atoms with van der Waals surface area (Å²) in [5.74, 6) is -0.495. The number of ether oxygens (including phenoxy) is 1. The van der Waals surface area contributed by atoms with Crippen LogP contribution < -0.4 is 5.73 Å². The monoisotopic (exact) mass is 211 g/mol. The maximum absolute atomic E-state index is 11.4. The summed E-state index contributed by atoms with van der Waals surface area (Å²) in [4.78, 5) is 11.4. The van der Waals surface area contributed by atoms with Crippen molar-refractivity contribution in [2.75, 3.05) is 12.3 Å². The molecule has 0 atom stereocenters. The molecule has 0 radical (unpaired) electrons. The standard InChI is InChI=1S/C10H10ClNO2/c1-2-5-14-10(13)8-6-7(11)3-4-9(8)12/h2-4,6H,1,5,12H2. The molecule has 3 nitrogen and oxygen atoms in total. The summed E-state index contributed by atoms with van der Waals surface area (Å²) < 4.78 is 4.82. The van der Waals surface area contributed by atoms with Gasteiger partial charge in [0.2, 0.25) is 0 Å². The van der Waals surface area contributed by atoms with E-state index in [-0.39, 0.29) is 12.2 Å². The zero-order valence-corrected chi connectivity index (χ0v) is 8.25. The SMILES string of the molecule is C=CCOC(=O)c1cc(Cl)ccc1N. The van der Waals surface area contributed by atoms with Gasteiger partial charge in [0.05, 0.1) is 5.56 Å². The van der Waals surface area contributed by atoms with E-state index < -0.39 is 5.97 Å². The second-order valence-corrected chi connectivity index (χ2v) is 3.06. The first kappa shape index (κ1) is 10.6. The van der Waals surface area contributed by atoms with E-state index in [9.17, 15) is 4.79 Å². The summed E-state index contributed by atoms with van der Waals surface area (Å²) in [6.07, 6.45) is 1.48. The molecule has 74 valence electrons. The van der Waals surface area contributed by atoms with Crippen molar-refractivity contribution in [3.05, 3.63) is 41.4 Å². The first-order valence-electron chi connectivity index (χ1n) is 3.98. The molecule has 14 heavy (non-hydrogen) atoms. The Bertz CT molecular complexity index is 363. The van der Waals surface area contributed by atoms with Gasteiger partial charge in [-0.05, 0) is 18.2 Å². The normalized spacial score (nSPS) is 9.50. The molecule has 1 aromatic carbocycles. The number of halogens is 1. The second-order valence-electron chi connectivity index (χ2n) is 2.62. The van der Waals surface area contributed by atoms with E-state index in [4.69, 9.17) is 22.1 Å². The molecule has 0 saturated carbocycles. The molecule has 0 aromatic heterocycles. The lowest BCUT2D eigenvalue weighted by Gasteiger charge is -2.05. The number of anilines is 1. The predicted molar refractivity (Wildman–Crippen MR) is 56.3 cm³/mol. The van der Waals surface area contributed by atoms with E-state index in [1.54, 1.807) is 12.1 Å². The fourth-order valence-corrected chi connectivity index (χ4v) is 1.09. The van der Waals surface area contributed by atoms with E-state index in [0.717, 1.165) is 0 Å². The van der Waals surface area contributed by atoms with Crippen molar-refractivity contribution >= 4 is 23.3 Å². The van der Waals surface area contributed by atoms with Crippen molar-refractivity contribution in [1.29, 1.82) is 0 Å². The van der Waals surface area contributed by atoms with Crippen molar-refractivity contribution < 1.29 is 9.53 Å². The molecule has 0 amide bonds. The number of benzene rings is 1. The number of carbonyl (C=O) groups excluding carboxylic acids is 1. The third-order valence-corrected chi connectivity index (χ3v) is 1.80. The van der Waals surface area contributed by atoms with Gasteiger partial charge in [-0.3, -0.25) is 0 Å². The van der Waals surface area contributed by atoms with Crippen LogP contribution in [0.3, 0.4) is 0 Å². The van der Waals surface area contributed by atoms with Gasteiger partial charge in [-0.15, -0.1) is 0 Å². The number of carbonyl (C=O) groups is 1. The van der Waals surface area contributed by atoms with Crippen LogP contribution in [0.25, 0.3) is 0 Å². The predicted octanol–water partition coefficient (Wildman–Crippen LogP) is 2.27. The van der Waals surface area contributed by atoms with Crippen LogP contribution in [0, 0.1) is 0 Å². The lowest BCUT2D eigenvalue weighted by atomic mass is 10.2. The number of rotatable bonds is 3. The van der Waals surface area contributed by atoms with E-state index >= 15 is 0 Å². The largest absolute Gasteiger partial charge is 0.458 e. The Balaban J connectivity index is 2.88. The summed E-state index contributed by atoms with van der Waals surface area (Å²) in [6, 6.07) is 4.65. The number of hydrogen-bond acceptors (Lipinski definition) is 3. The molecule has 0 heterocycles. The van der Waals surface area contributed by atoms with Crippen molar-refractivity contribution in [3.8, 4) is 0 Å². The van der Waals surface area contributed by atoms with Crippen LogP contribution >= 0.6 is 11.6 Å². The summed E-state index contributed by atoms with van der Waals surface area (Å²) in [6.45, 7) is 3.59. The molecule has 4 heteroatoms. The van der Waals surface area contributed by atoms with Crippen LogP contribution in [0.5, 0.6) is 0 Å². The van der Waals surface area contributed by atoms with Gasteiger partial charge in [-0.25, -0.2) is 4.79 Å². The highest BCUT2D eigenvalue weighted by atomic mass is 35.5. The fourth-order valence-electron chi connectivity index (χ4n) is 0.918. The highest BCUT2D eigenvalue weighted by Crippen LogP contribution is 2.18. The summed E-state index contributed by atoms with van der Waals surface area (Å²) in [5.41, 5.74) is 6.20. The quantitative estimate of drug-likeness (QED) is 0.474. The van der Waals surface area contributed by atoms with Crippen LogP contribution in [-0.2, 0) is 4.74 Å². The van der Waals surface area contributed by atoms with Crippen LogP contribution in [0.2, 0.25) is 5.02 Å². The van der Waals surface area contributed by atoms with Gasteiger partial charge in [0.15, 0.2) is 0 Å². The van der Waals surface area contributed by atoms with Gasteiger partial charge < -0.3 is 10.5 Å². The lowest BCUT2D eigenvalue weighted by molar-refractivity contribution is 0.0551. The van der Waals surface area contributed by atoms with Gasteiger partial charge in [-0.1, -0.05) is 24.3 Å². The maximum Gasteiger partial charge on any atom is 0.340 e. The minimum Gasteiger partial charge on any atom is -0.458 e. The van der Waals surface area contributed by atoms with Crippen LogP contribution in [-0.4, -0.2) is 12.6 Å².